The number of amides is 2. The molecular formula is C18H17ClN2O2S. The molecule has 124 valence electrons. The third-order valence-corrected chi connectivity index (χ3v) is 5.14. The Morgan fingerprint density at radius 3 is 2.50 bits per heavy atom. The normalized spacial score (nSPS) is 18.5. The Labute approximate surface area is 150 Å². The molecule has 0 spiro atoms. The number of hydrogen-bond acceptors (Lipinski definition) is 3. The second-order valence-corrected chi connectivity index (χ2v) is 7.21. The standard InChI is InChI=1S/C18H17ClN2O2S/c1-12(19)17(23)20-14-9-7-13(8-10-14)18-21(16(22)11-24-18)15-5-3-2-4-6-15/h2-10,12,18H,11H2,1H3,(H,20,23). The van der Waals surface area contributed by atoms with Gasteiger partial charge in [0, 0.05) is 11.4 Å². The van der Waals surface area contributed by atoms with Crippen LogP contribution in [0.15, 0.2) is 54.6 Å². The van der Waals surface area contributed by atoms with Crippen molar-refractivity contribution >= 4 is 46.6 Å². The number of nitrogens with zero attached hydrogens (tertiary/aromatic N) is 1. The first kappa shape index (κ1) is 16.9. The summed E-state index contributed by atoms with van der Waals surface area (Å²) < 4.78 is 0. The van der Waals surface area contributed by atoms with Crippen molar-refractivity contribution in [2.75, 3.05) is 16.0 Å². The molecule has 1 aliphatic heterocycles. The molecule has 3 rings (SSSR count). The molecule has 1 aliphatic rings. The summed E-state index contributed by atoms with van der Waals surface area (Å²) in [6, 6.07) is 17.2. The quantitative estimate of drug-likeness (QED) is 0.837. The van der Waals surface area contributed by atoms with Crippen molar-refractivity contribution in [1.82, 2.24) is 0 Å². The molecule has 4 nitrogen and oxygen atoms in total. The molecule has 1 N–H and O–H groups in total. The van der Waals surface area contributed by atoms with Gasteiger partial charge in [-0.1, -0.05) is 30.3 Å². The smallest absolute Gasteiger partial charge is 0.242 e. The first-order chi connectivity index (χ1) is 11.6. The van der Waals surface area contributed by atoms with Crippen LogP contribution in [0.1, 0.15) is 17.9 Å². The minimum Gasteiger partial charge on any atom is -0.325 e. The summed E-state index contributed by atoms with van der Waals surface area (Å²) in [6.07, 6.45) is 0. The van der Waals surface area contributed by atoms with E-state index in [1.807, 2.05) is 59.5 Å². The molecule has 2 amide bonds. The van der Waals surface area contributed by atoms with Crippen LogP contribution >= 0.6 is 23.4 Å². The van der Waals surface area contributed by atoms with Gasteiger partial charge in [0.15, 0.2) is 0 Å². The van der Waals surface area contributed by atoms with Gasteiger partial charge in [-0.15, -0.1) is 23.4 Å². The Morgan fingerprint density at radius 2 is 1.88 bits per heavy atom. The van der Waals surface area contributed by atoms with Gasteiger partial charge in [0.05, 0.1) is 5.75 Å². The van der Waals surface area contributed by atoms with Crippen LogP contribution in [0.3, 0.4) is 0 Å². The highest BCUT2D eigenvalue weighted by Crippen LogP contribution is 2.41. The number of halogens is 1. The molecule has 2 aromatic rings. The predicted octanol–water partition coefficient (Wildman–Crippen LogP) is 4.03. The highest BCUT2D eigenvalue weighted by atomic mass is 35.5. The number of para-hydroxylation sites is 1. The molecule has 0 bridgehead atoms. The second-order valence-electron chi connectivity index (χ2n) is 5.49. The van der Waals surface area contributed by atoms with E-state index in [1.165, 1.54) is 0 Å². The van der Waals surface area contributed by atoms with Gasteiger partial charge < -0.3 is 5.32 Å². The monoisotopic (exact) mass is 360 g/mol. The van der Waals surface area contributed by atoms with E-state index in [2.05, 4.69) is 5.32 Å². The number of hydrogen-bond donors (Lipinski definition) is 1. The molecule has 24 heavy (non-hydrogen) atoms. The number of rotatable bonds is 4. The van der Waals surface area contributed by atoms with Crippen molar-refractivity contribution in [2.24, 2.45) is 0 Å². The lowest BCUT2D eigenvalue weighted by molar-refractivity contribution is -0.116. The average molecular weight is 361 g/mol. The van der Waals surface area contributed by atoms with E-state index in [0.29, 0.717) is 11.4 Å². The van der Waals surface area contributed by atoms with Gasteiger partial charge in [-0.2, -0.15) is 0 Å². The summed E-state index contributed by atoms with van der Waals surface area (Å²) >= 11 is 7.36. The van der Waals surface area contributed by atoms with Gasteiger partial charge in [-0.05, 0) is 36.8 Å². The van der Waals surface area contributed by atoms with Crippen molar-refractivity contribution in [2.45, 2.75) is 17.7 Å². The third kappa shape index (κ3) is 3.57. The van der Waals surface area contributed by atoms with Crippen molar-refractivity contribution in [3.63, 3.8) is 0 Å². The molecule has 0 saturated carbocycles. The van der Waals surface area contributed by atoms with Gasteiger partial charge in [-0.25, -0.2) is 0 Å². The fourth-order valence-electron chi connectivity index (χ4n) is 2.51. The Bertz CT molecular complexity index is 734. The molecule has 2 unspecified atom stereocenters. The zero-order valence-corrected chi connectivity index (χ0v) is 14.7. The lowest BCUT2D eigenvalue weighted by atomic mass is 10.1. The number of carbonyl (C=O) groups excluding carboxylic acids is 2. The van der Waals surface area contributed by atoms with Crippen molar-refractivity contribution in [3.8, 4) is 0 Å². The molecule has 2 aromatic carbocycles. The van der Waals surface area contributed by atoms with Gasteiger partial charge >= 0.3 is 0 Å². The number of nitrogens with one attached hydrogen (secondary N) is 1. The van der Waals surface area contributed by atoms with Crippen LogP contribution in [0.2, 0.25) is 0 Å². The fraction of sp³-hybridized carbons (Fsp3) is 0.222. The number of anilines is 2. The van der Waals surface area contributed by atoms with E-state index in [1.54, 1.807) is 18.7 Å². The zero-order valence-electron chi connectivity index (χ0n) is 13.1. The van der Waals surface area contributed by atoms with E-state index in [0.717, 1.165) is 11.3 Å². The molecular weight excluding hydrogens is 344 g/mol. The molecule has 2 atom stereocenters. The largest absolute Gasteiger partial charge is 0.325 e. The number of alkyl halides is 1. The topological polar surface area (TPSA) is 49.4 Å². The first-order valence-corrected chi connectivity index (χ1v) is 9.08. The number of benzene rings is 2. The summed E-state index contributed by atoms with van der Waals surface area (Å²) in [7, 11) is 0. The van der Waals surface area contributed by atoms with Gasteiger partial charge in [0.25, 0.3) is 0 Å². The molecule has 1 heterocycles. The maximum absolute atomic E-state index is 12.3. The van der Waals surface area contributed by atoms with Crippen LogP contribution in [0, 0.1) is 0 Å². The van der Waals surface area contributed by atoms with Crippen LogP contribution in [0.25, 0.3) is 0 Å². The SMILES string of the molecule is CC(Cl)C(=O)Nc1ccc(C2SCC(=O)N2c2ccccc2)cc1. The number of carbonyl (C=O) groups is 2. The Morgan fingerprint density at radius 1 is 1.21 bits per heavy atom. The Hall–Kier alpha value is -1.98. The van der Waals surface area contributed by atoms with E-state index in [-0.39, 0.29) is 17.2 Å². The van der Waals surface area contributed by atoms with Crippen LogP contribution in [-0.2, 0) is 9.59 Å². The highest BCUT2D eigenvalue weighted by Gasteiger charge is 2.33. The molecule has 0 aromatic heterocycles. The highest BCUT2D eigenvalue weighted by molar-refractivity contribution is 8.00. The minimum absolute atomic E-state index is 0.0587. The Kier molecular flexibility index (Phi) is 5.11. The van der Waals surface area contributed by atoms with E-state index >= 15 is 0 Å². The predicted molar refractivity (Wildman–Crippen MR) is 99.5 cm³/mol. The van der Waals surface area contributed by atoms with Crippen molar-refractivity contribution in [1.29, 1.82) is 0 Å². The van der Waals surface area contributed by atoms with Crippen LogP contribution in [0.4, 0.5) is 11.4 Å². The maximum Gasteiger partial charge on any atom is 0.242 e. The van der Waals surface area contributed by atoms with Gasteiger partial charge in [0.1, 0.15) is 10.8 Å². The van der Waals surface area contributed by atoms with E-state index < -0.39 is 5.38 Å². The molecule has 1 fully saturated rings. The summed E-state index contributed by atoms with van der Waals surface area (Å²) in [5, 5.41) is 2.11. The molecule has 0 radical (unpaired) electrons. The molecule has 6 heteroatoms. The lowest BCUT2D eigenvalue weighted by Gasteiger charge is -2.24. The molecule has 1 saturated heterocycles. The number of thioether (sulfide) groups is 1. The first-order valence-electron chi connectivity index (χ1n) is 7.60. The zero-order chi connectivity index (χ0) is 17.1. The van der Waals surface area contributed by atoms with Gasteiger partial charge in [-0.3, -0.25) is 14.5 Å². The van der Waals surface area contributed by atoms with E-state index in [4.69, 9.17) is 11.6 Å². The third-order valence-electron chi connectivity index (χ3n) is 3.73. The van der Waals surface area contributed by atoms with Crippen molar-refractivity contribution < 1.29 is 9.59 Å². The summed E-state index contributed by atoms with van der Waals surface area (Å²) in [5.41, 5.74) is 2.61. The second kappa shape index (κ2) is 7.28. The summed E-state index contributed by atoms with van der Waals surface area (Å²) in [4.78, 5) is 25.7. The fourth-order valence-corrected chi connectivity index (χ4v) is 3.74. The average Bonchev–Trinajstić information content (AvgIpc) is 2.98. The molecule has 0 aliphatic carbocycles. The summed E-state index contributed by atoms with van der Waals surface area (Å²) in [6.45, 7) is 1.63. The minimum atomic E-state index is -0.582. The Balaban J connectivity index is 1.80. The van der Waals surface area contributed by atoms with Crippen molar-refractivity contribution in [3.05, 3.63) is 60.2 Å². The van der Waals surface area contributed by atoms with E-state index in [9.17, 15) is 9.59 Å². The van der Waals surface area contributed by atoms with Gasteiger partial charge in [0.2, 0.25) is 11.8 Å². The van der Waals surface area contributed by atoms with Crippen LogP contribution < -0.4 is 10.2 Å². The summed E-state index contributed by atoms with van der Waals surface area (Å²) in [5.74, 6) is 0.326. The van der Waals surface area contributed by atoms with Crippen LogP contribution in [0.5, 0.6) is 0 Å². The lowest BCUT2D eigenvalue weighted by Crippen LogP contribution is -2.27. The maximum atomic E-state index is 12.3. The van der Waals surface area contributed by atoms with Crippen LogP contribution in [-0.4, -0.2) is 22.9 Å².